The van der Waals surface area contributed by atoms with Crippen molar-refractivity contribution in [3.63, 3.8) is 0 Å². The minimum atomic E-state index is -1.81. The lowest BCUT2D eigenvalue weighted by Gasteiger charge is -2.06. The summed E-state index contributed by atoms with van der Waals surface area (Å²) in [6, 6.07) is 7.05. The Labute approximate surface area is 110 Å². The molecule has 19 heavy (non-hydrogen) atoms. The molecule has 2 aromatic carbocycles. The zero-order valence-corrected chi connectivity index (χ0v) is 10.5. The molecule has 0 heterocycles. The molecule has 0 aromatic heterocycles. The molecule has 0 aliphatic heterocycles. The van der Waals surface area contributed by atoms with E-state index in [1.165, 1.54) is 18.2 Å². The van der Waals surface area contributed by atoms with Gasteiger partial charge >= 0.3 is 0 Å². The van der Waals surface area contributed by atoms with Gasteiger partial charge in [-0.05, 0) is 18.2 Å². The maximum Gasteiger partial charge on any atom is 0.150 e. The Kier molecular flexibility index (Phi) is 3.90. The van der Waals surface area contributed by atoms with Crippen molar-refractivity contribution in [2.24, 2.45) is 0 Å². The molecule has 6 heteroatoms. The van der Waals surface area contributed by atoms with Crippen LogP contribution in [0.4, 0.5) is 18.9 Å². The summed E-state index contributed by atoms with van der Waals surface area (Å²) in [6.07, 6.45) is 0. The summed E-state index contributed by atoms with van der Waals surface area (Å²) in [5, 5.41) is 0. The molecule has 0 aliphatic carbocycles. The molecule has 100 valence electrons. The summed E-state index contributed by atoms with van der Waals surface area (Å²) in [4.78, 5) is -0.164. The molecule has 2 aromatic rings. The van der Waals surface area contributed by atoms with Gasteiger partial charge in [0.1, 0.15) is 17.5 Å². The molecule has 1 atom stereocenters. The van der Waals surface area contributed by atoms with Gasteiger partial charge in [-0.15, -0.1) is 0 Å². The van der Waals surface area contributed by atoms with E-state index in [1.807, 2.05) is 0 Å². The molecule has 0 spiro atoms. The average molecular weight is 285 g/mol. The van der Waals surface area contributed by atoms with Crippen molar-refractivity contribution in [1.82, 2.24) is 0 Å². The van der Waals surface area contributed by atoms with E-state index >= 15 is 0 Å². The number of nitrogen functional groups attached to an aromatic ring is 1. The van der Waals surface area contributed by atoms with Gasteiger partial charge in [0.05, 0.1) is 27.1 Å². The molecule has 0 saturated carbocycles. The maximum absolute atomic E-state index is 13.6. The number of hydrogen-bond acceptors (Lipinski definition) is 2. The third-order valence-electron chi connectivity index (χ3n) is 2.53. The van der Waals surface area contributed by atoms with E-state index < -0.39 is 28.3 Å². The quantitative estimate of drug-likeness (QED) is 0.881. The van der Waals surface area contributed by atoms with Gasteiger partial charge in [0, 0.05) is 11.6 Å². The van der Waals surface area contributed by atoms with Gasteiger partial charge in [-0.25, -0.2) is 13.2 Å². The summed E-state index contributed by atoms with van der Waals surface area (Å²) in [5.74, 6) is -2.56. The van der Waals surface area contributed by atoms with Gasteiger partial charge < -0.3 is 5.73 Å². The Balaban J connectivity index is 2.28. The third-order valence-corrected chi connectivity index (χ3v) is 3.93. The monoisotopic (exact) mass is 285 g/mol. The van der Waals surface area contributed by atoms with Gasteiger partial charge in [-0.2, -0.15) is 0 Å². The van der Waals surface area contributed by atoms with Crippen LogP contribution in [-0.4, -0.2) is 4.21 Å². The number of benzene rings is 2. The van der Waals surface area contributed by atoms with Crippen molar-refractivity contribution in [1.29, 1.82) is 0 Å². The molecule has 0 saturated heterocycles. The lowest BCUT2D eigenvalue weighted by atomic mass is 10.2. The zero-order chi connectivity index (χ0) is 14.0. The first-order chi connectivity index (χ1) is 8.99. The highest BCUT2D eigenvalue weighted by molar-refractivity contribution is 7.84. The summed E-state index contributed by atoms with van der Waals surface area (Å²) in [7, 11) is -1.81. The second-order valence-corrected chi connectivity index (χ2v) is 5.30. The first-order valence-electron chi connectivity index (χ1n) is 5.35. The predicted octanol–water partition coefficient (Wildman–Crippen LogP) is 2.99. The van der Waals surface area contributed by atoms with Crippen LogP contribution in [0.3, 0.4) is 0 Å². The van der Waals surface area contributed by atoms with Crippen molar-refractivity contribution < 1.29 is 17.4 Å². The molecule has 0 radical (unpaired) electrons. The van der Waals surface area contributed by atoms with Gasteiger partial charge in [0.25, 0.3) is 0 Å². The minimum absolute atomic E-state index is 0.0610. The van der Waals surface area contributed by atoms with E-state index in [1.54, 1.807) is 0 Å². The molecular formula is C13H10F3NOS. The summed E-state index contributed by atoms with van der Waals surface area (Å²) in [5.41, 5.74) is 5.45. The molecular weight excluding hydrogens is 275 g/mol. The molecule has 2 rings (SSSR count). The second-order valence-electron chi connectivity index (χ2n) is 3.88. The van der Waals surface area contributed by atoms with E-state index in [2.05, 4.69) is 0 Å². The summed E-state index contributed by atoms with van der Waals surface area (Å²) in [6.45, 7) is 0. The van der Waals surface area contributed by atoms with Crippen LogP contribution in [0, 0.1) is 17.5 Å². The van der Waals surface area contributed by atoms with Gasteiger partial charge in [0.2, 0.25) is 0 Å². The second kappa shape index (κ2) is 5.44. The molecule has 0 fully saturated rings. The Hall–Kier alpha value is -1.82. The zero-order valence-electron chi connectivity index (χ0n) is 9.70. The van der Waals surface area contributed by atoms with Crippen LogP contribution in [0.15, 0.2) is 41.3 Å². The van der Waals surface area contributed by atoms with E-state index in [0.717, 1.165) is 12.1 Å². The smallest absolute Gasteiger partial charge is 0.150 e. The number of anilines is 1. The Morgan fingerprint density at radius 3 is 2.53 bits per heavy atom. The largest absolute Gasteiger partial charge is 0.396 e. The number of hydrogen-bond donors (Lipinski definition) is 1. The van der Waals surface area contributed by atoms with Gasteiger partial charge in [-0.3, -0.25) is 4.21 Å². The fraction of sp³-hybridized carbons (Fsp3) is 0.0769. The Morgan fingerprint density at radius 2 is 1.84 bits per heavy atom. The first kappa shape index (κ1) is 13.6. The third kappa shape index (κ3) is 2.96. The fourth-order valence-corrected chi connectivity index (χ4v) is 2.75. The van der Waals surface area contributed by atoms with Crippen LogP contribution in [0.1, 0.15) is 5.56 Å². The molecule has 2 nitrogen and oxygen atoms in total. The topological polar surface area (TPSA) is 43.1 Å². The van der Waals surface area contributed by atoms with Crippen molar-refractivity contribution >= 4 is 16.5 Å². The van der Waals surface area contributed by atoms with Crippen LogP contribution in [0.25, 0.3) is 0 Å². The highest BCUT2D eigenvalue weighted by Gasteiger charge is 2.14. The van der Waals surface area contributed by atoms with E-state index in [9.17, 15) is 17.4 Å². The average Bonchev–Trinajstić information content (AvgIpc) is 2.34. The lowest BCUT2D eigenvalue weighted by molar-refractivity contribution is 0.562. The minimum Gasteiger partial charge on any atom is -0.396 e. The van der Waals surface area contributed by atoms with Gasteiger partial charge in [0.15, 0.2) is 0 Å². The van der Waals surface area contributed by atoms with E-state index in [-0.39, 0.29) is 21.9 Å². The molecule has 1 unspecified atom stereocenters. The predicted molar refractivity (Wildman–Crippen MR) is 67.3 cm³/mol. The summed E-state index contributed by atoms with van der Waals surface area (Å²) >= 11 is 0. The normalized spacial score (nSPS) is 12.4. The highest BCUT2D eigenvalue weighted by Crippen LogP contribution is 2.21. The number of rotatable bonds is 3. The fourth-order valence-electron chi connectivity index (χ4n) is 1.59. The van der Waals surface area contributed by atoms with Crippen LogP contribution in [0.5, 0.6) is 0 Å². The molecule has 2 N–H and O–H groups in total. The van der Waals surface area contributed by atoms with Crippen molar-refractivity contribution in [3.8, 4) is 0 Å². The van der Waals surface area contributed by atoms with Crippen LogP contribution in [-0.2, 0) is 16.6 Å². The lowest BCUT2D eigenvalue weighted by Crippen LogP contribution is -2.03. The van der Waals surface area contributed by atoms with Crippen LogP contribution < -0.4 is 5.73 Å². The Bertz CT molecular complexity index is 646. The molecule has 0 aliphatic rings. The van der Waals surface area contributed by atoms with Crippen LogP contribution in [0.2, 0.25) is 0 Å². The molecule has 0 amide bonds. The Morgan fingerprint density at radius 1 is 1.11 bits per heavy atom. The van der Waals surface area contributed by atoms with E-state index in [4.69, 9.17) is 5.73 Å². The van der Waals surface area contributed by atoms with Crippen molar-refractivity contribution in [2.45, 2.75) is 10.6 Å². The van der Waals surface area contributed by atoms with Crippen LogP contribution >= 0.6 is 0 Å². The molecule has 0 bridgehead atoms. The number of halogens is 3. The van der Waals surface area contributed by atoms with E-state index in [0.29, 0.717) is 6.07 Å². The van der Waals surface area contributed by atoms with Gasteiger partial charge in [-0.1, -0.05) is 12.1 Å². The first-order valence-corrected chi connectivity index (χ1v) is 6.67. The number of nitrogens with two attached hydrogens (primary N) is 1. The summed E-state index contributed by atoms with van der Waals surface area (Å²) < 4.78 is 51.8. The maximum atomic E-state index is 13.6. The highest BCUT2D eigenvalue weighted by atomic mass is 32.2. The van der Waals surface area contributed by atoms with Crippen molar-refractivity contribution in [2.75, 3.05) is 5.73 Å². The van der Waals surface area contributed by atoms with Crippen molar-refractivity contribution in [3.05, 3.63) is 59.4 Å². The SMILES string of the molecule is Nc1cccc(CS(=O)c2ccc(F)cc2F)c1F. The standard InChI is InChI=1S/C13H10F3NOS/c14-9-4-5-12(10(15)6-9)19(18)7-8-2-1-3-11(17)13(8)16/h1-6H,7,17H2.